The van der Waals surface area contributed by atoms with Crippen LogP contribution in [0.25, 0.3) is 0 Å². The first-order valence-corrected chi connectivity index (χ1v) is 8.35. The molecule has 0 saturated heterocycles. The van der Waals surface area contributed by atoms with Crippen molar-refractivity contribution >= 4 is 23.2 Å². The molecule has 8 heteroatoms. The van der Waals surface area contributed by atoms with Crippen LogP contribution in [-0.2, 0) is 22.4 Å². The van der Waals surface area contributed by atoms with Gasteiger partial charge in [-0.15, -0.1) is 11.3 Å². The van der Waals surface area contributed by atoms with Crippen LogP contribution in [0.1, 0.15) is 29.6 Å². The third kappa shape index (κ3) is 5.48. The van der Waals surface area contributed by atoms with Crippen LogP contribution < -0.4 is 10.6 Å². The van der Waals surface area contributed by atoms with E-state index in [9.17, 15) is 9.59 Å². The fourth-order valence-corrected chi connectivity index (χ4v) is 3.04. The van der Waals surface area contributed by atoms with E-state index in [1.165, 1.54) is 11.8 Å². The van der Waals surface area contributed by atoms with E-state index < -0.39 is 6.04 Å². The highest BCUT2D eigenvalue weighted by atomic mass is 32.1. The van der Waals surface area contributed by atoms with Gasteiger partial charge < -0.3 is 15.6 Å². The number of hydrogen-bond acceptors (Lipinski definition) is 5. The normalized spacial score (nSPS) is 11.9. The average Bonchev–Trinajstić information content (AvgIpc) is 3.14. The lowest BCUT2D eigenvalue weighted by Crippen LogP contribution is -2.47. The van der Waals surface area contributed by atoms with Crippen LogP contribution in [0.15, 0.2) is 18.0 Å². The lowest BCUT2D eigenvalue weighted by Gasteiger charge is -2.16. The molecule has 0 radical (unpaired) electrons. The van der Waals surface area contributed by atoms with Crippen molar-refractivity contribution in [1.29, 1.82) is 0 Å². The Morgan fingerprint density at radius 2 is 2.26 bits per heavy atom. The van der Waals surface area contributed by atoms with Crippen molar-refractivity contribution in [2.75, 3.05) is 6.54 Å². The SMILES string of the molecule is CC(=O)N[C@@H](Cc1cnc[nH]1)C(=O)NCCCc1scnc1C. The smallest absolute Gasteiger partial charge is 0.242 e. The van der Waals surface area contributed by atoms with Crippen LogP contribution in [0.5, 0.6) is 0 Å². The standard InChI is InChI=1S/C15H21N5O2S/c1-10-14(23-9-19-10)4-3-5-17-15(22)13(20-11(2)21)6-12-7-16-8-18-12/h7-9,13H,3-6H2,1-2H3,(H,16,18)(H,17,22)(H,20,21)/t13-/m0/s1. The molecule has 0 aliphatic carbocycles. The Morgan fingerprint density at radius 3 is 2.87 bits per heavy atom. The van der Waals surface area contributed by atoms with Crippen molar-refractivity contribution in [2.24, 2.45) is 0 Å². The summed E-state index contributed by atoms with van der Waals surface area (Å²) < 4.78 is 0. The Hall–Kier alpha value is -2.22. The maximum Gasteiger partial charge on any atom is 0.242 e. The van der Waals surface area contributed by atoms with E-state index in [4.69, 9.17) is 0 Å². The van der Waals surface area contributed by atoms with E-state index in [1.54, 1.807) is 23.9 Å². The Kier molecular flexibility index (Phi) is 6.28. The highest BCUT2D eigenvalue weighted by Crippen LogP contribution is 2.13. The molecule has 0 aliphatic heterocycles. The molecule has 2 heterocycles. The fourth-order valence-electron chi connectivity index (χ4n) is 2.22. The zero-order valence-electron chi connectivity index (χ0n) is 13.3. The molecular weight excluding hydrogens is 314 g/mol. The Morgan fingerprint density at radius 1 is 1.43 bits per heavy atom. The fraction of sp³-hybridized carbons (Fsp3) is 0.467. The van der Waals surface area contributed by atoms with Gasteiger partial charge in [-0.25, -0.2) is 9.97 Å². The van der Waals surface area contributed by atoms with E-state index in [0.29, 0.717) is 13.0 Å². The first-order chi connectivity index (χ1) is 11.1. The van der Waals surface area contributed by atoms with Gasteiger partial charge in [0.15, 0.2) is 0 Å². The summed E-state index contributed by atoms with van der Waals surface area (Å²) >= 11 is 1.63. The first-order valence-electron chi connectivity index (χ1n) is 7.47. The Bertz CT molecular complexity index is 638. The number of aromatic nitrogens is 3. The van der Waals surface area contributed by atoms with Gasteiger partial charge in [-0.05, 0) is 19.8 Å². The number of thiazole rings is 1. The van der Waals surface area contributed by atoms with Gasteiger partial charge in [0.05, 0.1) is 17.5 Å². The summed E-state index contributed by atoms with van der Waals surface area (Å²) in [5.74, 6) is -0.416. The molecule has 0 aromatic carbocycles. The van der Waals surface area contributed by atoms with Crippen molar-refractivity contribution in [2.45, 2.75) is 39.2 Å². The van der Waals surface area contributed by atoms with Crippen molar-refractivity contribution in [1.82, 2.24) is 25.6 Å². The molecule has 7 nitrogen and oxygen atoms in total. The van der Waals surface area contributed by atoms with Crippen LogP contribution in [0.2, 0.25) is 0 Å². The van der Waals surface area contributed by atoms with E-state index in [2.05, 4.69) is 25.6 Å². The molecular formula is C15H21N5O2S. The molecule has 0 aliphatic rings. The molecule has 2 rings (SSSR count). The Balaban J connectivity index is 1.80. The van der Waals surface area contributed by atoms with Gasteiger partial charge in [0.1, 0.15) is 6.04 Å². The monoisotopic (exact) mass is 335 g/mol. The highest BCUT2D eigenvalue weighted by molar-refractivity contribution is 7.09. The van der Waals surface area contributed by atoms with Crippen molar-refractivity contribution in [3.63, 3.8) is 0 Å². The number of nitrogens with one attached hydrogen (secondary N) is 3. The van der Waals surface area contributed by atoms with E-state index >= 15 is 0 Å². The molecule has 0 saturated carbocycles. The Labute approximate surface area is 138 Å². The van der Waals surface area contributed by atoms with Gasteiger partial charge in [-0.3, -0.25) is 9.59 Å². The van der Waals surface area contributed by atoms with Gasteiger partial charge in [-0.2, -0.15) is 0 Å². The number of aromatic amines is 1. The molecule has 0 bridgehead atoms. The van der Waals surface area contributed by atoms with Crippen LogP contribution in [0.3, 0.4) is 0 Å². The predicted octanol–water partition coefficient (Wildman–Crippen LogP) is 0.971. The van der Waals surface area contributed by atoms with Crippen LogP contribution in [0, 0.1) is 6.92 Å². The number of carbonyl (C=O) groups is 2. The third-order valence-electron chi connectivity index (χ3n) is 3.40. The van der Waals surface area contributed by atoms with Crippen LogP contribution >= 0.6 is 11.3 Å². The minimum absolute atomic E-state index is 0.184. The van der Waals surface area contributed by atoms with Gasteiger partial charge >= 0.3 is 0 Å². The minimum Gasteiger partial charge on any atom is -0.354 e. The summed E-state index contributed by atoms with van der Waals surface area (Å²) in [4.78, 5) is 35.9. The largest absolute Gasteiger partial charge is 0.354 e. The number of carbonyl (C=O) groups excluding carboxylic acids is 2. The minimum atomic E-state index is -0.599. The second-order valence-corrected chi connectivity index (χ2v) is 6.23. The van der Waals surface area contributed by atoms with Gasteiger partial charge in [-0.1, -0.05) is 0 Å². The number of hydrogen-bond donors (Lipinski definition) is 3. The highest BCUT2D eigenvalue weighted by Gasteiger charge is 2.20. The summed E-state index contributed by atoms with van der Waals surface area (Å²) in [7, 11) is 0. The van der Waals surface area contributed by atoms with Crippen LogP contribution in [-0.4, -0.2) is 39.4 Å². The van der Waals surface area contributed by atoms with Gasteiger partial charge in [0.2, 0.25) is 11.8 Å². The van der Waals surface area contributed by atoms with E-state index in [-0.39, 0.29) is 11.8 Å². The zero-order chi connectivity index (χ0) is 16.7. The number of H-pyrrole nitrogens is 1. The molecule has 0 spiro atoms. The van der Waals surface area contributed by atoms with Crippen LogP contribution in [0.4, 0.5) is 0 Å². The van der Waals surface area contributed by atoms with Crippen molar-refractivity contribution < 1.29 is 9.59 Å². The van der Waals surface area contributed by atoms with Crippen molar-refractivity contribution in [3.8, 4) is 0 Å². The molecule has 0 fully saturated rings. The number of rotatable bonds is 8. The summed E-state index contributed by atoms with van der Waals surface area (Å²) in [5, 5.41) is 5.55. The molecule has 23 heavy (non-hydrogen) atoms. The molecule has 0 unspecified atom stereocenters. The summed E-state index contributed by atoms with van der Waals surface area (Å²) in [6, 6.07) is -0.599. The second kappa shape index (κ2) is 8.42. The molecule has 2 amide bonds. The first kappa shape index (κ1) is 17.1. The molecule has 124 valence electrons. The summed E-state index contributed by atoms with van der Waals surface area (Å²) in [6.45, 7) is 3.96. The third-order valence-corrected chi connectivity index (χ3v) is 4.39. The van der Waals surface area contributed by atoms with Crippen molar-refractivity contribution in [3.05, 3.63) is 34.3 Å². The van der Waals surface area contributed by atoms with E-state index in [0.717, 1.165) is 24.2 Å². The summed E-state index contributed by atoms with van der Waals surface area (Å²) in [6.07, 6.45) is 5.32. The number of aryl methyl sites for hydroxylation is 2. The average molecular weight is 335 g/mol. The molecule has 2 aromatic rings. The number of nitrogens with zero attached hydrogens (tertiary/aromatic N) is 2. The lowest BCUT2D eigenvalue weighted by atomic mass is 10.1. The predicted molar refractivity (Wildman–Crippen MR) is 88.1 cm³/mol. The second-order valence-electron chi connectivity index (χ2n) is 5.29. The lowest BCUT2D eigenvalue weighted by molar-refractivity contribution is -0.128. The summed E-state index contributed by atoms with van der Waals surface area (Å²) in [5.41, 5.74) is 3.69. The van der Waals surface area contributed by atoms with E-state index in [1.807, 2.05) is 12.4 Å². The number of amides is 2. The number of imidazole rings is 1. The molecule has 2 aromatic heterocycles. The zero-order valence-corrected chi connectivity index (χ0v) is 14.1. The molecule has 1 atom stereocenters. The maximum atomic E-state index is 12.3. The molecule has 3 N–H and O–H groups in total. The van der Waals surface area contributed by atoms with Gasteiger partial charge in [0, 0.05) is 36.7 Å². The van der Waals surface area contributed by atoms with Gasteiger partial charge in [0.25, 0.3) is 0 Å². The maximum absolute atomic E-state index is 12.3. The quantitative estimate of drug-likeness (QED) is 0.626. The topological polar surface area (TPSA) is 99.8 Å².